The summed E-state index contributed by atoms with van der Waals surface area (Å²) in [5.41, 5.74) is 10.9. The summed E-state index contributed by atoms with van der Waals surface area (Å²) in [6.45, 7) is 2.18. The Kier molecular flexibility index (Phi) is 7.16. The topological polar surface area (TPSA) is 23.8 Å². The van der Waals surface area contributed by atoms with E-state index < -0.39 is 0 Å². The first-order valence-electron chi connectivity index (χ1n) is 14.7. The molecule has 0 aliphatic carbocycles. The molecule has 0 bridgehead atoms. The summed E-state index contributed by atoms with van der Waals surface area (Å²) in [6.07, 6.45) is 3.10. The van der Waals surface area contributed by atoms with Gasteiger partial charge in [-0.25, -0.2) is 4.98 Å². The predicted molar refractivity (Wildman–Crippen MR) is 179 cm³/mol. The molecule has 0 saturated carbocycles. The van der Waals surface area contributed by atoms with Gasteiger partial charge in [-0.1, -0.05) is 79.7 Å². The zero-order valence-electron chi connectivity index (χ0n) is 24.1. The van der Waals surface area contributed by atoms with Crippen LogP contribution in [0.15, 0.2) is 164 Å². The molecule has 0 spiro atoms. The Morgan fingerprint density at radius 3 is 1.33 bits per heavy atom. The van der Waals surface area contributed by atoms with Crippen molar-refractivity contribution in [3.05, 3.63) is 170 Å². The number of nitrogens with zero attached hydrogens (tertiary/aromatic N) is 4. The molecule has 0 saturated heterocycles. The Balaban J connectivity index is 1.25. The largest absolute Gasteiger partial charge is 0.311 e. The molecule has 0 N–H and O–H groups in total. The van der Waals surface area contributed by atoms with Gasteiger partial charge in [-0.15, -0.1) is 0 Å². The highest BCUT2D eigenvalue weighted by Crippen LogP contribution is 2.39. The third kappa shape index (κ3) is 5.27. The van der Waals surface area contributed by atoms with Gasteiger partial charge in [0, 0.05) is 51.6 Å². The Bertz CT molecular complexity index is 1890. The van der Waals surface area contributed by atoms with Gasteiger partial charge in [0.2, 0.25) is 0 Å². The quantitative estimate of drug-likeness (QED) is 0.186. The van der Waals surface area contributed by atoms with Crippen LogP contribution in [0.2, 0.25) is 0 Å². The van der Waals surface area contributed by atoms with E-state index in [-0.39, 0.29) is 0 Å². The summed E-state index contributed by atoms with van der Waals surface area (Å²) < 4.78 is 2.19. The van der Waals surface area contributed by atoms with E-state index in [2.05, 4.69) is 185 Å². The summed E-state index contributed by atoms with van der Waals surface area (Å²) in [7, 11) is 0. The fourth-order valence-electron chi connectivity index (χ4n) is 5.65. The number of fused-ring (bicyclic) bond motifs is 1. The minimum absolute atomic E-state index is 0.964. The molecule has 5 aromatic carbocycles. The molecule has 0 radical (unpaired) electrons. The van der Waals surface area contributed by atoms with Crippen LogP contribution in [0.25, 0.3) is 16.9 Å². The van der Waals surface area contributed by atoms with Gasteiger partial charge in [0.25, 0.3) is 0 Å². The summed E-state index contributed by atoms with van der Waals surface area (Å²) in [5, 5.41) is 0. The van der Waals surface area contributed by atoms with Gasteiger partial charge in [-0.2, -0.15) is 0 Å². The highest BCUT2D eigenvalue weighted by Gasteiger charge is 2.16. The van der Waals surface area contributed by atoms with Crippen LogP contribution in [0.3, 0.4) is 0 Å². The highest BCUT2D eigenvalue weighted by atomic mass is 15.2. The molecule has 0 unspecified atom stereocenters. The molecule has 7 aromatic rings. The van der Waals surface area contributed by atoms with Crippen LogP contribution < -0.4 is 9.80 Å². The zero-order valence-corrected chi connectivity index (χ0v) is 24.1. The number of anilines is 6. The fourth-order valence-corrected chi connectivity index (χ4v) is 5.65. The van der Waals surface area contributed by atoms with Crippen molar-refractivity contribution < 1.29 is 0 Å². The van der Waals surface area contributed by atoms with Crippen molar-refractivity contribution in [1.82, 2.24) is 9.38 Å². The molecule has 0 aliphatic rings. The lowest BCUT2D eigenvalue weighted by Crippen LogP contribution is -2.12. The molecule has 4 heteroatoms. The van der Waals surface area contributed by atoms with Gasteiger partial charge < -0.3 is 14.2 Å². The average Bonchev–Trinajstić information content (AvgIpc) is 3.52. The molecule has 4 nitrogen and oxygen atoms in total. The molecule has 43 heavy (non-hydrogen) atoms. The molecular formula is C39H32N4. The number of aryl methyl sites for hydroxylation is 1. The first-order valence-corrected chi connectivity index (χ1v) is 14.7. The van der Waals surface area contributed by atoms with E-state index in [0.717, 1.165) is 57.4 Å². The van der Waals surface area contributed by atoms with Crippen molar-refractivity contribution in [2.75, 3.05) is 9.80 Å². The standard InChI is InChI=1S/C39H32N4/c1-2-31-19-12-20-39-40-38(29-41(31)39)30-21-23-35(24-22-30)43(34-17-10-5-11-18-34)37-27-25-36(26-28-37)42(32-13-6-3-7-14-32)33-15-8-4-9-16-33/h3-29H,2H2,1H3. The third-order valence-electron chi connectivity index (χ3n) is 7.77. The van der Waals surface area contributed by atoms with Gasteiger partial charge in [0.05, 0.1) is 5.69 Å². The molecule has 0 aliphatic heterocycles. The van der Waals surface area contributed by atoms with Crippen molar-refractivity contribution >= 4 is 39.8 Å². The van der Waals surface area contributed by atoms with Gasteiger partial charge in [0.1, 0.15) is 5.65 Å². The third-order valence-corrected chi connectivity index (χ3v) is 7.77. The van der Waals surface area contributed by atoms with Crippen molar-refractivity contribution in [3.8, 4) is 11.3 Å². The van der Waals surface area contributed by atoms with Crippen LogP contribution in [0.5, 0.6) is 0 Å². The lowest BCUT2D eigenvalue weighted by molar-refractivity contribution is 0.980. The van der Waals surface area contributed by atoms with Crippen LogP contribution in [-0.4, -0.2) is 9.38 Å². The number of hydrogen-bond donors (Lipinski definition) is 0. The van der Waals surface area contributed by atoms with Crippen LogP contribution in [0.4, 0.5) is 34.1 Å². The normalized spacial score (nSPS) is 11.0. The van der Waals surface area contributed by atoms with Gasteiger partial charge in [0.15, 0.2) is 0 Å². The Morgan fingerprint density at radius 1 is 0.465 bits per heavy atom. The van der Waals surface area contributed by atoms with E-state index >= 15 is 0 Å². The molecule has 7 rings (SSSR count). The highest BCUT2D eigenvalue weighted by molar-refractivity contribution is 5.81. The fraction of sp³-hybridized carbons (Fsp3) is 0.0513. The minimum atomic E-state index is 0.964. The smallest absolute Gasteiger partial charge is 0.137 e. The minimum Gasteiger partial charge on any atom is -0.311 e. The van der Waals surface area contributed by atoms with Gasteiger partial charge in [-0.3, -0.25) is 0 Å². The maximum absolute atomic E-state index is 4.90. The second-order valence-electron chi connectivity index (χ2n) is 10.5. The Labute approximate surface area is 252 Å². The van der Waals surface area contributed by atoms with E-state index in [9.17, 15) is 0 Å². The molecule has 0 fully saturated rings. The zero-order chi connectivity index (χ0) is 29.0. The van der Waals surface area contributed by atoms with E-state index in [4.69, 9.17) is 4.98 Å². The van der Waals surface area contributed by atoms with Crippen molar-refractivity contribution in [2.45, 2.75) is 13.3 Å². The molecule has 2 aromatic heterocycles. The molecule has 2 heterocycles. The Hall–Kier alpha value is -5.61. The van der Waals surface area contributed by atoms with E-state index in [1.165, 1.54) is 5.69 Å². The maximum Gasteiger partial charge on any atom is 0.137 e. The van der Waals surface area contributed by atoms with Crippen molar-refractivity contribution in [1.29, 1.82) is 0 Å². The summed E-state index contributed by atoms with van der Waals surface area (Å²) in [4.78, 5) is 9.48. The number of benzene rings is 5. The second-order valence-corrected chi connectivity index (χ2v) is 10.5. The molecular weight excluding hydrogens is 524 g/mol. The maximum atomic E-state index is 4.90. The van der Waals surface area contributed by atoms with Crippen molar-refractivity contribution in [3.63, 3.8) is 0 Å². The number of hydrogen-bond acceptors (Lipinski definition) is 3. The SMILES string of the molecule is CCc1cccc2nc(-c3ccc(N(c4ccccc4)c4ccc(N(c5ccccc5)c5ccccc5)cc4)cc3)cn12. The first-order chi connectivity index (χ1) is 21.3. The van der Waals surface area contributed by atoms with E-state index in [1.807, 2.05) is 0 Å². The monoisotopic (exact) mass is 556 g/mol. The Morgan fingerprint density at radius 2 is 0.884 bits per heavy atom. The number of imidazole rings is 1. The van der Waals surface area contributed by atoms with Gasteiger partial charge >= 0.3 is 0 Å². The van der Waals surface area contributed by atoms with Crippen LogP contribution >= 0.6 is 0 Å². The lowest BCUT2D eigenvalue weighted by atomic mass is 10.1. The average molecular weight is 557 g/mol. The summed E-state index contributed by atoms with van der Waals surface area (Å²) >= 11 is 0. The van der Waals surface area contributed by atoms with Gasteiger partial charge in [-0.05, 0) is 91.3 Å². The number of para-hydroxylation sites is 3. The van der Waals surface area contributed by atoms with Crippen LogP contribution in [0, 0.1) is 0 Å². The van der Waals surface area contributed by atoms with Crippen LogP contribution in [0.1, 0.15) is 12.6 Å². The summed E-state index contributed by atoms with van der Waals surface area (Å²) in [6, 6.07) is 55.3. The van der Waals surface area contributed by atoms with E-state index in [0.29, 0.717) is 0 Å². The van der Waals surface area contributed by atoms with E-state index in [1.54, 1.807) is 0 Å². The molecule has 208 valence electrons. The molecule has 0 amide bonds. The second kappa shape index (κ2) is 11.7. The number of rotatable bonds is 8. The predicted octanol–water partition coefficient (Wildman–Crippen LogP) is 10.5. The summed E-state index contributed by atoms with van der Waals surface area (Å²) in [5.74, 6) is 0. The number of pyridine rings is 1. The van der Waals surface area contributed by atoms with Crippen LogP contribution in [-0.2, 0) is 6.42 Å². The van der Waals surface area contributed by atoms with Crippen molar-refractivity contribution in [2.24, 2.45) is 0 Å². The number of aromatic nitrogens is 2. The molecule has 0 atom stereocenters. The first kappa shape index (κ1) is 26.3. The lowest BCUT2D eigenvalue weighted by Gasteiger charge is -2.28.